The number of hydrogen-bond donors (Lipinski definition) is 3. The fraction of sp³-hybridized carbons (Fsp3) is 0.217. The van der Waals surface area contributed by atoms with Crippen molar-refractivity contribution < 1.29 is 4.79 Å². The largest absolute Gasteiger partial charge is 0.365 e. The van der Waals surface area contributed by atoms with E-state index in [-0.39, 0.29) is 23.7 Å². The normalized spacial score (nSPS) is 10.9. The van der Waals surface area contributed by atoms with E-state index in [9.17, 15) is 9.59 Å². The van der Waals surface area contributed by atoms with Crippen LogP contribution in [0.2, 0.25) is 0 Å². The lowest BCUT2D eigenvalue weighted by Gasteiger charge is -2.16. The molecule has 0 radical (unpaired) electrons. The van der Waals surface area contributed by atoms with Crippen molar-refractivity contribution in [3.05, 3.63) is 82.2 Å². The van der Waals surface area contributed by atoms with Crippen molar-refractivity contribution in [3.8, 4) is 5.69 Å². The Morgan fingerprint density at radius 2 is 1.97 bits per heavy atom. The molecule has 0 aliphatic carbocycles. The Kier molecular flexibility index (Phi) is 5.79. The first-order valence-electron chi connectivity index (χ1n) is 10.1. The molecule has 0 bridgehead atoms. The van der Waals surface area contributed by atoms with Gasteiger partial charge in [-0.3, -0.25) is 14.2 Å². The third-order valence-electron chi connectivity index (χ3n) is 5.18. The molecule has 3 N–H and O–H groups in total. The standard InChI is InChI=1S/C23H24N6O2/c1-15-13-26-22(25-9-8-16-6-4-3-5-7-16)23(31)29(15)20-12-19-18(27-14-28-19)10-17(20)11-21(30)24-2/h3-7,10,12-14H,8-9,11H2,1-2H3,(H,24,30)(H,25,26)(H,27,28). The van der Waals surface area contributed by atoms with Crippen molar-refractivity contribution in [3.63, 3.8) is 0 Å². The summed E-state index contributed by atoms with van der Waals surface area (Å²) in [4.78, 5) is 37.1. The van der Waals surface area contributed by atoms with E-state index in [0.717, 1.165) is 23.0 Å². The van der Waals surface area contributed by atoms with E-state index in [1.165, 1.54) is 5.56 Å². The number of nitrogens with one attached hydrogen (secondary N) is 3. The summed E-state index contributed by atoms with van der Waals surface area (Å²) in [6.45, 7) is 2.40. The fourth-order valence-corrected chi connectivity index (χ4v) is 3.55. The second-order valence-electron chi connectivity index (χ2n) is 7.30. The highest BCUT2D eigenvalue weighted by Crippen LogP contribution is 2.22. The van der Waals surface area contributed by atoms with Crippen LogP contribution in [0.4, 0.5) is 5.82 Å². The maximum atomic E-state index is 13.3. The molecule has 158 valence electrons. The Balaban J connectivity index is 1.71. The second kappa shape index (κ2) is 8.83. The number of imidazole rings is 1. The zero-order valence-electron chi connectivity index (χ0n) is 17.5. The molecular formula is C23H24N6O2. The van der Waals surface area contributed by atoms with Crippen molar-refractivity contribution in [1.82, 2.24) is 24.8 Å². The topological polar surface area (TPSA) is 105 Å². The van der Waals surface area contributed by atoms with E-state index in [1.54, 1.807) is 24.1 Å². The molecule has 8 nitrogen and oxygen atoms in total. The fourth-order valence-electron chi connectivity index (χ4n) is 3.55. The molecule has 31 heavy (non-hydrogen) atoms. The van der Waals surface area contributed by atoms with Gasteiger partial charge >= 0.3 is 0 Å². The summed E-state index contributed by atoms with van der Waals surface area (Å²) in [5.74, 6) is 0.135. The summed E-state index contributed by atoms with van der Waals surface area (Å²) >= 11 is 0. The number of aromatic amines is 1. The highest BCUT2D eigenvalue weighted by Gasteiger charge is 2.16. The number of likely N-dealkylation sites (N-methyl/N-ethyl adjacent to an activating group) is 1. The summed E-state index contributed by atoms with van der Waals surface area (Å²) in [5.41, 5.74) is 4.47. The predicted octanol–water partition coefficient (Wildman–Crippen LogP) is 2.36. The van der Waals surface area contributed by atoms with Crippen molar-refractivity contribution >= 4 is 22.8 Å². The van der Waals surface area contributed by atoms with Crippen molar-refractivity contribution in [2.75, 3.05) is 18.9 Å². The molecule has 0 aliphatic rings. The van der Waals surface area contributed by atoms with Gasteiger partial charge in [-0.15, -0.1) is 0 Å². The number of amides is 1. The van der Waals surface area contributed by atoms with Gasteiger partial charge in [-0.1, -0.05) is 30.3 Å². The molecule has 0 fully saturated rings. The van der Waals surface area contributed by atoms with Gasteiger partial charge < -0.3 is 15.6 Å². The number of carbonyl (C=O) groups excluding carboxylic acids is 1. The molecule has 0 saturated carbocycles. The Hall–Kier alpha value is -3.94. The second-order valence-corrected chi connectivity index (χ2v) is 7.30. The van der Waals surface area contributed by atoms with Gasteiger partial charge in [0, 0.05) is 25.5 Å². The summed E-state index contributed by atoms with van der Waals surface area (Å²) in [6, 6.07) is 13.7. The van der Waals surface area contributed by atoms with E-state index < -0.39 is 0 Å². The molecule has 0 saturated heterocycles. The van der Waals surface area contributed by atoms with Crippen molar-refractivity contribution in [2.45, 2.75) is 19.8 Å². The molecule has 0 aliphatic heterocycles. The van der Waals surface area contributed by atoms with Crippen LogP contribution in [0, 0.1) is 6.92 Å². The van der Waals surface area contributed by atoms with E-state index in [0.29, 0.717) is 17.9 Å². The zero-order valence-corrected chi connectivity index (χ0v) is 17.5. The van der Waals surface area contributed by atoms with Crippen LogP contribution in [0.15, 0.2) is 59.8 Å². The molecule has 0 spiro atoms. The van der Waals surface area contributed by atoms with Gasteiger partial charge in [-0.25, -0.2) is 9.97 Å². The Morgan fingerprint density at radius 1 is 1.16 bits per heavy atom. The highest BCUT2D eigenvalue weighted by molar-refractivity contribution is 5.84. The van der Waals surface area contributed by atoms with Gasteiger partial charge in [0.1, 0.15) is 0 Å². The molecule has 2 aromatic carbocycles. The summed E-state index contributed by atoms with van der Waals surface area (Å²) < 4.78 is 1.59. The van der Waals surface area contributed by atoms with Crippen LogP contribution in [-0.4, -0.2) is 39.0 Å². The number of H-pyrrole nitrogens is 1. The maximum Gasteiger partial charge on any atom is 0.298 e. The maximum absolute atomic E-state index is 13.3. The molecule has 2 aromatic heterocycles. The SMILES string of the molecule is CNC(=O)Cc1cc2[nH]cnc2cc1-n1c(C)cnc(NCCc2ccccc2)c1=O. The number of nitrogens with zero attached hydrogens (tertiary/aromatic N) is 3. The summed E-state index contributed by atoms with van der Waals surface area (Å²) in [5, 5.41) is 5.80. The highest BCUT2D eigenvalue weighted by atomic mass is 16.1. The molecule has 0 atom stereocenters. The lowest BCUT2D eigenvalue weighted by molar-refractivity contribution is -0.119. The van der Waals surface area contributed by atoms with E-state index in [4.69, 9.17) is 0 Å². The average Bonchev–Trinajstić information content (AvgIpc) is 3.23. The molecule has 2 heterocycles. The molecule has 4 aromatic rings. The summed E-state index contributed by atoms with van der Waals surface area (Å²) in [6.07, 6.45) is 4.17. The van der Waals surface area contributed by atoms with Crippen LogP contribution in [0.5, 0.6) is 0 Å². The Labute approximate surface area is 179 Å². The number of aryl methyl sites for hydroxylation is 1. The van der Waals surface area contributed by atoms with Gasteiger partial charge in [0.15, 0.2) is 5.82 Å². The first kappa shape index (κ1) is 20.3. The quantitative estimate of drug-likeness (QED) is 0.429. The minimum atomic E-state index is -0.263. The van der Waals surface area contributed by atoms with Crippen LogP contribution in [0.25, 0.3) is 16.7 Å². The van der Waals surface area contributed by atoms with Crippen LogP contribution in [-0.2, 0) is 17.6 Å². The third-order valence-corrected chi connectivity index (χ3v) is 5.18. The van der Waals surface area contributed by atoms with Gasteiger partial charge in [-0.2, -0.15) is 0 Å². The van der Waals surface area contributed by atoms with Gasteiger partial charge in [0.2, 0.25) is 5.91 Å². The smallest absolute Gasteiger partial charge is 0.298 e. The number of anilines is 1. The monoisotopic (exact) mass is 416 g/mol. The van der Waals surface area contributed by atoms with Gasteiger partial charge in [-0.05, 0) is 36.6 Å². The number of benzene rings is 2. The van der Waals surface area contributed by atoms with E-state index >= 15 is 0 Å². The van der Waals surface area contributed by atoms with Crippen molar-refractivity contribution in [2.24, 2.45) is 0 Å². The molecule has 0 unspecified atom stereocenters. The minimum Gasteiger partial charge on any atom is -0.365 e. The van der Waals surface area contributed by atoms with Crippen LogP contribution < -0.4 is 16.2 Å². The van der Waals surface area contributed by atoms with Crippen molar-refractivity contribution in [1.29, 1.82) is 0 Å². The predicted molar refractivity (Wildman–Crippen MR) is 121 cm³/mol. The van der Waals surface area contributed by atoms with Crippen LogP contribution >= 0.6 is 0 Å². The molecule has 8 heteroatoms. The minimum absolute atomic E-state index is 0.138. The number of aromatic nitrogens is 4. The number of fused-ring (bicyclic) bond motifs is 1. The van der Waals surface area contributed by atoms with E-state index in [2.05, 4.69) is 25.6 Å². The lowest BCUT2D eigenvalue weighted by atomic mass is 10.1. The van der Waals surface area contributed by atoms with Gasteiger partial charge in [0.05, 0.1) is 29.5 Å². The van der Waals surface area contributed by atoms with Crippen LogP contribution in [0.1, 0.15) is 16.8 Å². The third kappa shape index (κ3) is 4.32. The number of carbonyl (C=O) groups is 1. The van der Waals surface area contributed by atoms with Gasteiger partial charge in [0.25, 0.3) is 5.56 Å². The summed E-state index contributed by atoms with van der Waals surface area (Å²) in [7, 11) is 1.59. The lowest BCUT2D eigenvalue weighted by Crippen LogP contribution is -2.28. The number of rotatable bonds is 7. The molecular weight excluding hydrogens is 392 g/mol. The first-order chi connectivity index (χ1) is 15.1. The van der Waals surface area contributed by atoms with E-state index in [1.807, 2.05) is 49.4 Å². The number of hydrogen-bond acceptors (Lipinski definition) is 5. The average molecular weight is 416 g/mol. The Morgan fingerprint density at radius 3 is 2.74 bits per heavy atom. The first-order valence-corrected chi connectivity index (χ1v) is 10.1. The Bertz CT molecular complexity index is 1280. The molecule has 4 rings (SSSR count). The van der Waals surface area contributed by atoms with Crippen LogP contribution in [0.3, 0.4) is 0 Å². The zero-order chi connectivity index (χ0) is 21.8. The molecule has 1 amide bonds.